The third-order valence-electron chi connectivity index (χ3n) is 12.1. The zero-order valence-electron chi connectivity index (χ0n) is 34.0. The van der Waals surface area contributed by atoms with E-state index in [0.29, 0.717) is 0 Å². The van der Waals surface area contributed by atoms with Gasteiger partial charge in [0.2, 0.25) is 0 Å². The van der Waals surface area contributed by atoms with Gasteiger partial charge in [-0.1, -0.05) is 0 Å². The molecule has 6 heterocycles. The molecule has 380 valence electrons. The van der Waals surface area contributed by atoms with Gasteiger partial charge >= 0.3 is 0 Å². The van der Waals surface area contributed by atoms with Gasteiger partial charge in [-0.25, -0.2) is 0 Å². The summed E-state index contributed by atoms with van der Waals surface area (Å²) in [6, 6.07) is 0. The third kappa shape index (κ3) is 10.8. The summed E-state index contributed by atoms with van der Waals surface area (Å²) in [6.07, 6.45) is -53.2. The second-order valence-electron chi connectivity index (χ2n) is 16.3. The largest absolute Gasteiger partial charge is 0.394 e. The fourth-order valence-electron chi connectivity index (χ4n) is 8.32. The molecule has 65 heavy (non-hydrogen) atoms. The van der Waals surface area contributed by atoms with Crippen molar-refractivity contribution in [3.63, 3.8) is 0 Å². The van der Waals surface area contributed by atoms with Crippen LogP contribution in [0, 0.1) is 0 Å². The molecule has 30 nitrogen and oxygen atoms in total. The van der Waals surface area contributed by atoms with Crippen molar-refractivity contribution in [2.24, 2.45) is 0 Å². The molecule has 19 N–H and O–H groups in total. The van der Waals surface area contributed by atoms with Crippen LogP contribution in [0.3, 0.4) is 0 Å². The summed E-state index contributed by atoms with van der Waals surface area (Å²) in [4.78, 5) is 0. The second-order valence-corrected chi connectivity index (χ2v) is 16.3. The number of ether oxygens (including phenoxy) is 11. The van der Waals surface area contributed by atoms with E-state index < -0.39 is 218 Å². The summed E-state index contributed by atoms with van der Waals surface area (Å²) in [5.41, 5.74) is 0. The van der Waals surface area contributed by atoms with Gasteiger partial charge in [-0.3, -0.25) is 0 Å². The molecule has 6 rings (SSSR count). The van der Waals surface area contributed by atoms with Gasteiger partial charge in [0.25, 0.3) is 0 Å². The van der Waals surface area contributed by atoms with Gasteiger partial charge in [0.15, 0.2) is 37.7 Å². The van der Waals surface area contributed by atoms with Gasteiger partial charge in [-0.2, -0.15) is 0 Å². The molecule has 6 saturated heterocycles. The Morgan fingerprint density at radius 1 is 0.231 bits per heavy atom. The SMILES string of the molecule is OC[C@H]1O[C@@H](O[C@H]2[C@H](O)[C@@H](O)[C@@H](O[C@H]3[C@H](O)[C@@H](O)[C@@H](O[C@H]4[C@H](O)[C@@H](O)[C@@H](O[C@H]5[C@H](O)[C@@H](O)[C@@H](O[C@H]6[C@H](O)[C@@H](O)[C@@H](O)O[C@@H]6CO)O[C@@H]5CO)O[C@@H]4CO)O[C@@H]3CO)O[C@@H]2CO)[C@H](O)[C@@H]1O. The second kappa shape index (κ2) is 22.7. The first kappa shape index (κ1) is 53.2. The smallest absolute Gasteiger partial charge is 0.187 e. The highest BCUT2D eigenvalue weighted by Crippen LogP contribution is 2.36. The molecule has 0 aromatic carbocycles. The highest BCUT2D eigenvalue weighted by molar-refractivity contribution is 4.99. The molecule has 6 fully saturated rings. The monoisotopic (exact) mass is 960 g/mol. The van der Waals surface area contributed by atoms with Crippen LogP contribution in [0.4, 0.5) is 0 Å². The highest BCUT2D eigenvalue weighted by atomic mass is 16.8. The molecule has 29 atom stereocenters. The first-order valence-corrected chi connectivity index (χ1v) is 20.6. The molecular formula is C35H60O30. The summed E-state index contributed by atoms with van der Waals surface area (Å²) in [6.45, 7) is -5.45. The van der Waals surface area contributed by atoms with Crippen molar-refractivity contribution in [1.29, 1.82) is 0 Å². The van der Waals surface area contributed by atoms with E-state index in [0.717, 1.165) is 0 Å². The van der Waals surface area contributed by atoms with Crippen molar-refractivity contribution in [3.8, 4) is 0 Å². The maximum atomic E-state index is 11.2. The Balaban J connectivity index is 1.07. The number of hydrogen-bond acceptors (Lipinski definition) is 30. The summed E-state index contributed by atoms with van der Waals surface area (Å²) < 4.78 is 60.4. The van der Waals surface area contributed by atoms with Crippen molar-refractivity contribution >= 4 is 0 Å². The Morgan fingerprint density at radius 2 is 0.431 bits per heavy atom. The molecule has 0 amide bonds. The van der Waals surface area contributed by atoms with E-state index in [4.69, 9.17) is 52.1 Å². The molecule has 6 aliphatic rings. The lowest BCUT2D eigenvalue weighted by Crippen LogP contribution is -2.68. The molecule has 0 saturated carbocycles. The summed E-state index contributed by atoms with van der Waals surface area (Å²) in [7, 11) is 0. The molecule has 0 spiro atoms. The van der Waals surface area contributed by atoms with E-state index in [1.165, 1.54) is 0 Å². The third-order valence-corrected chi connectivity index (χ3v) is 12.1. The van der Waals surface area contributed by atoms with Crippen LogP contribution in [-0.4, -0.2) is 315 Å². The first-order chi connectivity index (χ1) is 30.8. The zero-order chi connectivity index (χ0) is 47.8. The summed E-state index contributed by atoms with van der Waals surface area (Å²) in [5, 5.41) is 198. The van der Waals surface area contributed by atoms with Crippen LogP contribution < -0.4 is 0 Å². The van der Waals surface area contributed by atoms with Gasteiger partial charge < -0.3 is 149 Å². The van der Waals surface area contributed by atoms with Crippen LogP contribution in [0.25, 0.3) is 0 Å². The molecule has 30 heteroatoms. The zero-order valence-corrected chi connectivity index (χ0v) is 34.0. The maximum absolute atomic E-state index is 11.2. The quantitative estimate of drug-likeness (QED) is 0.0683. The van der Waals surface area contributed by atoms with Crippen molar-refractivity contribution in [2.45, 2.75) is 178 Å². The van der Waals surface area contributed by atoms with Crippen LogP contribution in [0.2, 0.25) is 0 Å². The molecule has 0 radical (unpaired) electrons. The standard InChI is InChI=1S/C35H60O30/c36-1-7-13(42)20(49)31(56-7)62-26-9(3-38)58-33(22(51)15(26)44)64-28-11(5-40)60-35(24(53)17(28)46)65-29-12(6-41)59-34(23(52)18(29)47)63-27-10(4-39)57-32(21(50)16(27)45)61-25-8(2-37)55-30(54)19(48)14(25)43/h7-54H,1-6H2/t7-,8-,9-,10-,11-,12-,13-,14-,15-,16-,17-,18-,19-,20-,21-,22-,23-,24-,25-,26-,27-,28-,29-,30+,31+,32-,33-,34-,35-/m1/s1. The van der Waals surface area contributed by atoms with Crippen LogP contribution >= 0.6 is 0 Å². The topological polar surface area (TPSA) is 486 Å². The van der Waals surface area contributed by atoms with Gasteiger partial charge in [0.05, 0.1) is 39.6 Å². The van der Waals surface area contributed by atoms with E-state index in [1.807, 2.05) is 0 Å². The van der Waals surface area contributed by atoms with Crippen LogP contribution in [0.1, 0.15) is 0 Å². The van der Waals surface area contributed by atoms with E-state index in [2.05, 4.69) is 0 Å². The molecule has 0 aromatic heterocycles. The molecule has 0 aromatic rings. The lowest BCUT2D eigenvalue weighted by Gasteiger charge is -2.49. The maximum Gasteiger partial charge on any atom is 0.187 e. The average Bonchev–Trinajstić information content (AvgIpc) is 3.57. The number of aliphatic hydroxyl groups excluding tert-OH is 19. The van der Waals surface area contributed by atoms with Crippen LogP contribution in [0.15, 0.2) is 0 Å². The fourth-order valence-corrected chi connectivity index (χ4v) is 8.32. The number of rotatable bonds is 16. The average molecular weight is 961 g/mol. The van der Waals surface area contributed by atoms with E-state index in [9.17, 15) is 97.0 Å². The summed E-state index contributed by atoms with van der Waals surface area (Å²) >= 11 is 0. The van der Waals surface area contributed by atoms with E-state index >= 15 is 0 Å². The van der Waals surface area contributed by atoms with Crippen LogP contribution in [-0.2, 0) is 52.1 Å². The molecule has 0 bridgehead atoms. The van der Waals surface area contributed by atoms with Crippen molar-refractivity contribution in [2.75, 3.05) is 39.6 Å². The fraction of sp³-hybridized carbons (Fsp3) is 1.00. The Kier molecular flexibility index (Phi) is 18.6. The van der Waals surface area contributed by atoms with E-state index in [1.54, 1.807) is 0 Å². The number of hydrogen-bond donors (Lipinski definition) is 19. The summed E-state index contributed by atoms with van der Waals surface area (Å²) in [5.74, 6) is 0. The minimum atomic E-state index is -2.16. The van der Waals surface area contributed by atoms with Crippen molar-refractivity contribution in [1.82, 2.24) is 0 Å². The predicted molar refractivity (Wildman–Crippen MR) is 193 cm³/mol. The lowest BCUT2D eigenvalue weighted by atomic mass is 9.95. The Labute approximate surface area is 366 Å². The molecule has 0 aliphatic carbocycles. The van der Waals surface area contributed by atoms with Gasteiger partial charge in [0.1, 0.15) is 140 Å². The predicted octanol–water partition coefficient (Wildman–Crippen LogP) is -13.5. The normalized spacial score (nSPS) is 53.3. The Hall–Kier alpha value is -1.20. The molecule has 6 aliphatic heterocycles. The Bertz CT molecular complexity index is 1450. The lowest BCUT2D eigenvalue weighted by molar-refractivity contribution is -0.394. The first-order valence-electron chi connectivity index (χ1n) is 20.6. The van der Waals surface area contributed by atoms with Crippen molar-refractivity contribution < 1.29 is 149 Å². The minimum Gasteiger partial charge on any atom is -0.394 e. The van der Waals surface area contributed by atoms with Gasteiger partial charge in [0, 0.05) is 0 Å². The highest BCUT2D eigenvalue weighted by Gasteiger charge is 2.57. The van der Waals surface area contributed by atoms with E-state index in [-0.39, 0.29) is 0 Å². The van der Waals surface area contributed by atoms with Crippen molar-refractivity contribution in [3.05, 3.63) is 0 Å². The van der Waals surface area contributed by atoms with Gasteiger partial charge in [-0.05, 0) is 0 Å². The van der Waals surface area contributed by atoms with Gasteiger partial charge in [-0.15, -0.1) is 0 Å². The number of aliphatic hydroxyl groups is 19. The van der Waals surface area contributed by atoms with Crippen LogP contribution in [0.5, 0.6) is 0 Å². The minimum absolute atomic E-state index is 0.711. The Morgan fingerprint density at radius 3 is 0.662 bits per heavy atom. The molecular weight excluding hydrogens is 900 g/mol. The molecule has 0 unspecified atom stereocenters.